The summed E-state index contributed by atoms with van der Waals surface area (Å²) in [5, 5.41) is 11.0. The summed E-state index contributed by atoms with van der Waals surface area (Å²) in [7, 11) is 0. The van der Waals surface area contributed by atoms with Crippen LogP contribution in [-0.4, -0.2) is 20.1 Å². The van der Waals surface area contributed by atoms with Gasteiger partial charge in [0.15, 0.2) is 0 Å². The van der Waals surface area contributed by atoms with Crippen molar-refractivity contribution >= 4 is 22.4 Å². The SMILES string of the molecule is OC1CCCc2sc(Cc3nc4ccccc4[nH]3)nc21. The predicted octanol–water partition coefficient (Wildman–Crippen LogP) is 2.98. The minimum atomic E-state index is -0.376. The Hall–Kier alpha value is -1.72. The molecule has 3 aromatic rings. The number of aromatic amines is 1. The molecule has 1 unspecified atom stereocenters. The van der Waals surface area contributed by atoms with Crippen molar-refractivity contribution in [2.24, 2.45) is 0 Å². The second kappa shape index (κ2) is 4.68. The van der Waals surface area contributed by atoms with Gasteiger partial charge in [-0.15, -0.1) is 11.3 Å². The highest BCUT2D eigenvalue weighted by atomic mass is 32.1. The van der Waals surface area contributed by atoms with E-state index in [0.717, 1.165) is 46.8 Å². The molecule has 4 rings (SSSR count). The molecule has 2 heterocycles. The van der Waals surface area contributed by atoms with Crippen molar-refractivity contribution < 1.29 is 5.11 Å². The van der Waals surface area contributed by atoms with Crippen LogP contribution in [0.5, 0.6) is 0 Å². The third-order valence-electron chi connectivity index (χ3n) is 3.73. The van der Waals surface area contributed by atoms with Crippen LogP contribution < -0.4 is 0 Å². The third-order valence-corrected chi connectivity index (χ3v) is 4.86. The van der Waals surface area contributed by atoms with E-state index in [1.807, 2.05) is 24.3 Å². The number of H-pyrrole nitrogens is 1. The van der Waals surface area contributed by atoms with Crippen LogP contribution in [0.3, 0.4) is 0 Å². The van der Waals surface area contributed by atoms with Gasteiger partial charge in [-0.25, -0.2) is 9.97 Å². The number of para-hydroxylation sites is 2. The molecule has 0 spiro atoms. The second-order valence-corrected chi connectivity index (χ2v) is 6.37. The van der Waals surface area contributed by atoms with Gasteiger partial charge in [-0.05, 0) is 31.4 Å². The summed E-state index contributed by atoms with van der Waals surface area (Å²) in [5.41, 5.74) is 2.94. The van der Waals surface area contributed by atoms with Crippen LogP contribution in [0.15, 0.2) is 24.3 Å². The van der Waals surface area contributed by atoms with Crippen molar-refractivity contribution in [3.05, 3.63) is 45.7 Å². The number of hydrogen-bond acceptors (Lipinski definition) is 4. The monoisotopic (exact) mass is 285 g/mol. The van der Waals surface area contributed by atoms with E-state index in [9.17, 15) is 5.11 Å². The molecule has 1 aliphatic carbocycles. The summed E-state index contributed by atoms with van der Waals surface area (Å²) >= 11 is 1.71. The molecule has 0 fully saturated rings. The van der Waals surface area contributed by atoms with E-state index >= 15 is 0 Å². The Bertz CT molecular complexity index is 728. The van der Waals surface area contributed by atoms with Crippen LogP contribution in [0.25, 0.3) is 11.0 Å². The molecule has 0 bridgehead atoms. The second-order valence-electron chi connectivity index (χ2n) is 5.20. The zero-order chi connectivity index (χ0) is 13.5. The van der Waals surface area contributed by atoms with Gasteiger partial charge in [0, 0.05) is 4.88 Å². The van der Waals surface area contributed by atoms with Gasteiger partial charge in [0.05, 0.1) is 29.3 Å². The maximum Gasteiger partial charge on any atom is 0.114 e. The van der Waals surface area contributed by atoms with Crippen molar-refractivity contribution in [1.82, 2.24) is 15.0 Å². The number of thiazole rings is 1. The van der Waals surface area contributed by atoms with Crippen molar-refractivity contribution in [3.63, 3.8) is 0 Å². The fraction of sp³-hybridized carbons (Fsp3) is 0.333. The van der Waals surface area contributed by atoms with Gasteiger partial charge >= 0.3 is 0 Å². The number of rotatable bonds is 2. The number of nitrogens with zero attached hydrogens (tertiary/aromatic N) is 2. The number of aliphatic hydroxyl groups is 1. The van der Waals surface area contributed by atoms with Crippen molar-refractivity contribution in [1.29, 1.82) is 0 Å². The molecule has 1 aromatic carbocycles. The Labute approximate surface area is 120 Å². The molecule has 20 heavy (non-hydrogen) atoms. The molecule has 0 saturated carbocycles. The van der Waals surface area contributed by atoms with E-state index in [2.05, 4.69) is 15.0 Å². The van der Waals surface area contributed by atoms with Crippen molar-refractivity contribution in [3.8, 4) is 0 Å². The van der Waals surface area contributed by atoms with Gasteiger partial charge in [0.2, 0.25) is 0 Å². The van der Waals surface area contributed by atoms with E-state index < -0.39 is 0 Å². The zero-order valence-electron chi connectivity index (χ0n) is 11.0. The minimum absolute atomic E-state index is 0.376. The molecule has 1 atom stereocenters. The molecule has 102 valence electrons. The lowest BCUT2D eigenvalue weighted by atomic mass is 10.0. The van der Waals surface area contributed by atoms with Gasteiger partial charge in [-0.1, -0.05) is 12.1 Å². The number of benzene rings is 1. The van der Waals surface area contributed by atoms with Crippen LogP contribution in [0.2, 0.25) is 0 Å². The fourth-order valence-electron chi connectivity index (χ4n) is 2.75. The lowest BCUT2D eigenvalue weighted by Gasteiger charge is -2.14. The third kappa shape index (κ3) is 2.03. The van der Waals surface area contributed by atoms with Crippen molar-refractivity contribution in [2.75, 3.05) is 0 Å². The molecule has 0 radical (unpaired) electrons. The maximum absolute atomic E-state index is 9.98. The predicted molar refractivity (Wildman–Crippen MR) is 78.9 cm³/mol. The highest BCUT2D eigenvalue weighted by Crippen LogP contribution is 2.33. The highest BCUT2D eigenvalue weighted by Gasteiger charge is 2.23. The first-order chi connectivity index (χ1) is 9.79. The van der Waals surface area contributed by atoms with E-state index in [0.29, 0.717) is 6.42 Å². The smallest absolute Gasteiger partial charge is 0.114 e. The van der Waals surface area contributed by atoms with Crippen LogP contribution in [0, 0.1) is 0 Å². The molecule has 4 nitrogen and oxygen atoms in total. The molecule has 0 saturated heterocycles. The number of imidazole rings is 1. The molecular weight excluding hydrogens is 270 g/mol. The van der Waals surface area contributed by atoms with Crippen molar-refractivity contribution in [2.45, 2.75) is 31.8 Å². The summed E-state index contributed by atoms with van der Waals surface area (Å²) in [5.74, 6) is 0.937. The number of nitrogens with one attached hydrogen (secondary N) is 1. The summed E-state index contributed by atoms with van der Waals surface area (Å²) < 4.78 is 0. The Morgan fingerprint density at radius 3 is 3.05 bits per heavy atom. The normalized spacial score (nSPS) is 18.4. The Kier molecular flexibility index (Phi) is 2.82. The number of hydrogen-bond donors (Lipinski definition) is 2. The molecule has 0 amide bonds. The molecule has 5 heteroatoms. The highest BCUT2D eigenvalue weighted by molar-refractivity contribution is 7.11. The maximum atomic E-state index is 9.98. The largest absolute Gasteiger partial charge is 0.387 e. The molecule has 0 aliphatic heterocycles. The quantitative estimate of drug-likeness (QED) is 0.761. The summed E-state index contributed by atoms with van der Waals surface area (Å²) in [6, 6.07) is 8.03. The van der Waals surface area contributed by atoms with Crippen LogP contribution in [0.1, 0.15) is 40.3 Å². The minimum Gasteiger partial charge on any atom is -0.387 e. The van der Waals surface area contributed by atoms with Crippen LogP contribution >= 0.6 is 11.3 Å². The number of aliphatic hydroxyl groups excluding tert-OH is 1. The summed E-state index contributed by atoms with van der Waals surface area (Å²) in [6.45, 7) is 0. The first-order valence-corrected chi connectivity index (χ1v) is 7.71. The zero-order valence-corrected chi connectivity index (χ0v) is 11.8. The first-order valence-electron chi connectivity index (χ1n) is 6.90. The lowest BCUT2D eigenvalue weighted by molar-refractivity contribution is 0.153. The average molecular weight is 285 g/mol. The number of fused-ring (bicyclic) bond motifs is 2. The molecular formula is C15H15N3OS. The number of aryl methyl sites for hydroxylation is 1. The average Bonchev–Trinajstić information content (AvgIpc) is 3.02. The first kappa shape index (κ1) is 12.1. The Morgan fingerprint density at radius 1 is 1.30 bits per heavy atom. The molecule has 1 aliphatic rings. The fourth-order valence-corrected chi connectivity index (χ4v) is 3.92. The molecule has 2 N–H and O–H groups in total. The van der Waals surface area contributed by atoms with E-state index in [-0.39, 0.29) is 6.10 Å². The van der Waals surface area contributed by atoms with Crippen LogP contribution in [0.4, 0.5) is 0 Å². The number of aromatic nitrogens is 3. The van der Waals surface area contributed by atoms with Gasteiger partial charge in [-0.2, -0.15) is 0 Å². The van der Waals surface area contributed by atoms with Gasteiger partial charge < -0.3 is 10.1 Å². The molecule has 2 aromatic heterocycles. The summed E-state index contributed by atoms with van der Waals surface area (Å²) in [4.78, 5) is 13.8. The van der Waals surface area contributed by atoms with Gasteiger partial charge in [-0.3, -0.25) is 0 Å². The van der Waals surface area contributed by atoms with Gasteiger partial charge in [0.25, 0.3) is 0 Å². The van der Waals surface area contributed by atoms with Crippen LogP contribution in [-0.2, 0) is 12.8 Å². The Balaban J connectivity index is 1.65. The summed E-state index contributed by atoms with van der Waals surface area (Å²) in [6.07, 6.45) is 3.27. The van der Waals surface area contributed by atoms with E-state index in [1.54, 1.807) is 11.3 Å². The van der Waals surface area contributed by atoms with Gasteiger partial charge in [0.1, 0.15) is 10.8 Å². The van der Waals surface area contributed by atoms with E-state index in [1.165, 1.54) is 4.88 Å². The van der Waals surface area contributed by atoms with E-state index in [4.69, 9.17) is 0 Å². The topological polar surface area (TPSA) is 61.8 Å². The lowest BCUT2D eigenvalue weighted by Crippen LogP contribution is -2.07. The standard InChI is InChI=1S/C15H15N3OS/c19-11-6-3-7-12-15(11)18-14(20-12)8-13-16-9-4-1-2-5-10(9)17-13/h1-2,4-5,11,19H,3,6-8H2,(H,16,17). The Morgan fingerprint density at radius 2 is 2.20 bits per heavy atom.